The van der Waals surface area contributed by atoms with Crippen molar-refractivity contribution in [1.29, 1.82) is 0 Å². The van der Waals surface area contributed by atoms with Crippen molar-refractivity contribution < 1.29 is 14.3 Å². The number of amides is 2. The van der Waals surface area contributed by atoms with Crippen molar-refractivity contribution in [1.82, 2.24) is 15.5 Å². The van der Waals surface area contributed by atoms with Crippen LogP contribution in [0.4, 0.5) is 0 Å². The molecule has 142 valence electrons. The van der Waals surface area contributed by atoms with Gasteiger partial charge in [0, 0.05) is 31.8 Å². The highest BCUT2D eigenvalue weighted by molar-refractivity contribution is 7.99. The van der Waals surface area contributed by atoms with Gasteiger partial charge in [-0.25, -0.2) is 0 Å². The fourth-order valence-electron chi connectivity index (χ4n) is 3.36. The summed E-state index contributed by atoms with van der Waals surface area (Å²) in [6, 6.07) is 7.70. The molecule has 0 spiro atoms. The van der Waals surface area contributed by atoms with Gasteiger partial charge in [-0.2, -0.15) is 0 Å². The Balaban J connectivity index is 1.34. The molecule has 0 aliphatic carbocycles. The summed E-state index contributed by atoms with van der Waals surface area (Å²) in [5.41, 5.74) is 1.12. The van der Waals surface area contributed by atoms with Gasteiger partial charge in [-0.3, -0.25) is 9.59 Å². The van der Waals surface area contributed by atoms with E-state index in [0.29, 0.717) is 25.3 Å². The second-order valence-corrected chi connectivity index (χ2v) is 7.93. The number of rotatable bonds is 7. The lowest BCUT2D eigenvalue weighted by molar-refractivity contribution is -0.131. The fourth-order valence-corrected chi connectivity index (χ4v) is 4.31. The summed E-state index contributed by atoms with van der Waals surface area (Å²) >= 11 is 1.80. The molecule has 2 fully saturated rings. The van der Waals surface area contributed by atoms with Crippen molar-refractivity contribution in [2.45, 2.75) is 25.3 Å². The van der Waals surface area contributed by atoms with Crippen LogP contribution in [0.5, 0.6) is 5.75 Å². The molecular formula is C19H27N3O3S. The van der Waals surface area contributed by atoms with Crippen molar-refractivity contribution in [3.63, 3.8) is 0 Å². The van der Waals surface area contributed by atoms with Gasteiger partial charge in [0.15, 0.2) is 0 Å². The monoisotopic (exact) mass is 377 g/mol. The van der Waals surface area contributed by atoms with Gasteiger partial charge in [-0.15, -0.1) is 11.8 Å². The Morgan fingerprint density at radius 1 is 1.35 bits per heavy atom. The van der Waals surface area contributed by atoms with E-state index in [4.69, 9.17) is 4.74 Å². The maximum absolute atomic E-state index is 12.4. The molecule has 1 aromatic carbocycles. The summed E-state index contributed by atoms with van der Waals surface area (Å²) in [6.45, 7) is 2.28. The van der Waals surface area contributed by atoms with Crippen molar-refractivity contribution in [2.24, 2.45) is 5.92 Å². The summed E-state index contributed by atoms with van der Waals surface area (Å²) in [5.74, 6) is 3.26. The van der Waals surface area contributed by atoms with E-state index in [0.717, 1.165) is 42.5 Å². The Bertz CT molecular complexity index is 617. The lowest BCUT2D eigenvalue weighted by atomic mass is 10.0. The van der Waals surface area contributed by atoms with Crippen LogP contribution < -0.4 is 15.4 Å². The molecule has 2 N–H and O–H groups in total. The van der Waals surface area contributed by atoms with Gasteiger partial charge in [-0.1, -0.05) is 12.1 Å². The van der Waals surface area contributed by atoms with Gasteiger partial charge in [0.05, 0.1) is 19.0 Å². The van der Waals surface area contributed by atoms with Crippen LogP contribution in [0.1, 0.15) is 18.4 Å². The van der Waals surface area contributed by atoms with Crippen LogP contribution in [0.15, 0.2) is 24.3 Å². The zero-order valence-corrected chi connectivity index (χ0v) is 16.0. The molecule has 1 aromatic rings. The number of methoxy groups -OCH3 is 1. The van der Waals surface area contributed by atoms with Crippen molar-refractivity contribution >= 4 is 23.6 Å². The highest BCUT2D eigenvalue weighted by atomic mass is 32.2. The summed E-state index contributed by atoms with van der Waals surface area (Å²) in [6.07, 6.45) is 1.99. The molecule has 0 bridgehead atoms. The molecule has 0 radical (unpaired) electrons. The number of hydrogen-bond donors (Lipinski definition) is 2. The number of hydrogen-bond acceptors (Lipinski definition) is 5. The number of thioether (sulfide) groups is 1. The van der Waals surface area contributed by atoms with Crippen LogP contribution in [0, 0.1) is 5.92 Å². The lowest BCUT2D eigenvalue weighted by Gasteiger charge is -2.19. The van der Waals surface area contributed by atoms with Gasteiger partial charge in [-0.05, 0) is 36.5 Å². The Labute approximate surface area is 159 Å². The van der Waals surface area contributed by atoms with Gasteiger partial charge < -0.3 is 20.3 Å². The number of benzene rings is 1. The molecule has 2 saturated heterocycles. The van der Waals surface area contributed by atoms with E-state index in [1.165, 1.54) is 0 Å². The van der Waals surface area contributed by atoms with E-state index in [9.17, 15) is 9.59 Å². The third-order valence-corrected chi connectivity index (χ3v) is 5.94. The Morgan fingerprint density at radius 2 is 2.15 bits per heavy atom. The molecule has 2 unspecified atom stereocenters. The van der Waals surface area contributed by atoms with Crippen LogP contribution in [0.25, 0.3) is 0 Å². The van der Waals surface area contributed by atoms with Crippen LogP contribution in [0.2, 0.25) is 0 Å². The predicted molar refractivity (Wildman–Crippen MR) is 103 cm³/mol. The predicted octanol–water partition coefficient (Wildman–Crippen LogP) is 1.26. The van der Waals surface area contributed by atoms with Crippen LogP contribution in [0.3, 0.4) is 0 Å². The molecule has 6 nitrogen and oxygen atoms in total. The Hall–Kier alpha value is -1.73. The minimum Gasteiger partial charge on any atom is -0.497 e. The van der Waals surface area contributed by atoms with E-state index in [1.807, 2.05) is 29.2 Å². The third-order valence-electron chi connectivity index (χ3n) is 4.97. The minimum absolute atomic E-state index is 0.0616. The van der Waals surface area contributed by atoms with Crippen LogP contribution >= 0.6 is 11.8 Å². The smallest absolute Gasteiger partial charge is 0.240 e. The number of carbonyl (C=O) groups excluding carboxylic acids is 2. The summed E-state index contributed by atoms with van der Waals surface area (Å²) in [5, 5.41) is 6.33. The molecule has 2 aliphatic heterocycles. The van der Waals surface area contributed by atoms with Crippen molar-refractivity contribution in [3.8, 4) is 5.75 Å². The lowest BCUT2D eigenvalue weighted by Crippen LogP contribution is -2.42. The number of nitrogens with zero attached hydrogens (tertiary/aromatic N) is 1. The fraction of sp³-hybridized carbons (Fsp3) is 0.579. The molecule has 0 saturated carbocycles. The molecule has 26 heavy (non-hydrogen) atoms. The Morgan fingerprint density at radius 3 is 2.85 bits per heavy atom. The van der Waals surface area contributed by atoms with E-state index in [-0.39, 0.29) is 17.9 Å². The number of ether oxygens (including phenoxy) is 1. The van der Waals surface area contributed by atoms with Gasteiger partial charge in [0.1, 0.15) is 5.75 Å². The average Bonchev–Trinajstić information content (AvgIpc) is 3.36. The molecular weight excluding hydrogens is 350 g/mol. The Kier molecular flexibility index (Phi) is 6.80. The SMILES string of the molecule is COc1ccc(CCC(=O)NCC2CNC(C(=O)N3CCSC3)C2)cc1. The molecule has 2 heterocycles. The normalized spacial score (nSPS) is 22.4. The highest BCUT2D eigenvalue weighted by Crippen LogP contribution is 2.20. The summed E-state index contributed by atoms with van der Waals surface area (Å²) in [7, 11) is 1.64. The largest absolute Gasteiger partial charge is 0.497 e. The first kappa shape index (κ1) is 19.0. The van der Waals surface area contributed by atoms with Gasteiger partial charge in [0.25, 0.3) is 0 Å². The molecule has 3 rings (SSSR count). The molecule has 2 amide bonds. The van der Waals surface area contributed by atoms with Crippen molar-refractivity contribution in [2.75, 3.05) is 38.4 Å². The molecule has 2 aliphatic rings. The van der Waals surface area contributed by atoms with Crippen LogP contribution in [-0.4, -0.2) is 61.1 Å². The number of carbonyl (C=O) groups is 2. The maximum Gasteiger partial charge on any atom is 0.240 e. The average molecular weight is 378 g/mol. The maximum atomic E-state index is 12.4. The molecule has 2 atom stereocenters. The van der Waals surface area contributed by atoms with Crippen molar-refractivity contribution in [3.05, 3.63) is 29.8 Å². The summed E-state index contributed by atoms with van der Waals surface area (Å²) < 4.78 is 5.13. The van der Waals surface area contributed by atoms with E-state index in [1.54, 1.807) is 18.9 Å². The van der Waals surface area contributed by atoms with E-state index < -0.39 is 0 Å². The standard InChI is InChI=1S/C19H27N3O3S/c1-25-16-5-2-14(3-6-16)4-7-18(23)21-12-15-10-17(20-11-15)19(24)22-8-9-26-13-22/h2-3,5-6,15,17,20H,4,7-13H2,1H3,(H,21,23). The highest BCUT2D eigenvalue weighted by Gasteiger charge is 2.33. The van der Waals surface area contributed by atoms with Gasteiger partial charge >= 0.3 is 0 Å². The topological polar surface area (TPSA) is 70.7 Å². The second kappa shape index (κ2) is 9.28. The van der Waals surface area contributed by atoms with E-state index >= 15 is 0 Å². The first-order chi connectivity index (χ1) is 12.7. The zero-order chi connectivity index (χ0) is 18.4. The number of aryl methyl sites for hydroxylation is 1. The van der Waals surface area contributed by atoms with Crippen LogP contribution in [-0.2, 0) is 16.0 Å². The van der Waals surface area contributed by atoms with Gasteiger partial charge in [0.2, 0.25) is 11.8 Å². The zero-order valence-electron chi connectivity index (χ0n) is 15.2. The summed E-state index contributed by atoms with van der Waals surface area (Å²) in [4.78, 5) is 26.4. The molecule has 0 aromatic heterocycles. The number of nitrogens with one attached hydrogen (secondary N) is 2. The molecule has 7 heteroatoms. The quantitative estimate of drug-likeness (QED) is 0.749. The third kappa shape index (κ3) is 5.14. The first-order valence-electron chi connectivity index (χ1n) is 9.15. The van der Waals surface area contributed by atoms with E-state index in [2.05, 4.69) is 10.6 Å². The second-order valence-electron chi connectivity index (χ2n) is 6.85. The first-order valence-corrected chi connectivity index (χ1v) is 10.3. The minimum atomic E-state index is -0.0881.